The van der Waals surface area contributed by atoms with E-state index in [2.05, 4.69) is 5.32 Å². The second kappa shape index (κ2) is 7.33. The van der Waals surface area contributed by atoms with Crippen LogP contribution in [-0.4, -0.2) is 36.7 Å². The van der Waals surface area contributed by atoms with Gasteiger partial charge in [-0.2, -0.15) is 0 Å². The van der Waals surface area contributed by atoms with Gasteiger partial charge in [0, 0.05) is 13.2 Å². The Morgan fingerprint density at radius 1 is 1.42 bits per heavy atom. The van der Waals surface area contributed by atoms with Gasteiger partial charge in [-0.25, -0.2) is 4.79 Å². The molecule has 0 aliphatic rings. The fraction of sp³-hybridized carbons (Fsp3) is 0.286. The fourth-order valence-corrected chi connectivity index (χ4v) is 1.46. The molecule has 2 N–H and O–H groups in total. The van der Waals surface area contributed by atoms with Crippen LogP contribution in [0.15, 0.2) is 30.3 Å². The van der Waals surface area contributed by atoms with Crippen molar-refractivity contribution >= 4 is 18.0 Å². The Morgan fingerprint density at radius 3 is 2.68 bits per heavy atom. The van der Waals surface area contributed by atoms with Gasteiger partial charge in [0.25, 0.3) is 0 Å². The minimum Gasteiger partial charge on any atom is -0.479 e. The van der Waals surface area contributed by atoms with Crippen molar-refractivity contribution in [1.29, 1.82) is 0 Å². The lowest BCUT2D eigenvalue weighted by molar-refractivity contribution is -0.148. The van der Waals surface area contributed by atoms with Crippen LogP contribution in [0.3, 0.4) is 0 Å². The molecular weight excluding hydrogens is 246 g/mol. The van der Waals surface area contributed by atoms with Crippen LogP contribution in [-0.2, 0) is 14.3 Å². The van der Waals surface area contributed by atoms with E-state index >= 15 is 0 Å². The molecule has 1 unspecified atom stereocenters. The van der Waals surface area contributed by atoms with Gasteiger partial charge in [-0.3, -0.25) is 4.79 Å². The number of carbonyl (C=O) groups excluding carboxylic acids is 1. The summed E-state index contributed by atoms with van der Waals surface area (Å²) in [4.78, 5) is 22.2. The maximum absolute atomic E-state index is 11.5. The van der Waals surface area contributed by atoms with Crippen LogP contribution in [0.2, 0.25) is 0 Å². The van der Waals surface area contributed by atoms with Gasteiger partial charge in [-0.05, 0) is 24.1 Å². The third-order valence-corrected chi connectivity index (χ3v) is 2.62. The first-order valence-corrected chi connectivity index (χ1v) is 5.81. The fourth-order valence-electron chi connectivity index (χ4n) is 1.46. The molecule has 0 aliphatic carbocycles. The molecule has 1 amide bonds. The largest absolute Gasteiger partial charge is 0.479 e. The number of carboxylic acids is 1. The van der Waals surface area contributed by atoms with Crippen molar-refractivity contribution in [3.63, 3.8) is 0 Å². The Kier molecular flexibility index (Phi) is 5.75. The van der Waals surface area contributed by atoms with Crippen LogP contribution in [0.5, 0.6) is 0 Å². The molecule has 0 saturated carbocycles. The second-order valence-corrected chi connectivity index (χ2v) is 4.00. The highest BCUT2D eigenvalue weighted by Crippen LogP contribution is 2.08. The number of ether oxygens (including phenoxy) is 1. The molecule has 0 bridgehead atoms. The monoisotopic (exact) mass is 263 g/mol. The Bertz CT molecular complexity index is 482. The predicted octanol–water partition coefficient (Wildman–Crippen LogP) is 1.22. The lowest BCUT2D eigenvalue weighted by Crippen LogP contribution is -2.37. The van der Waals surface area contributed by atoms with E-state index in [4.69, 9.17) is 9.84 Å². The molecule has 1 aromatic carbocycles. The Labute approximate surface area is 111 Å². The van der Waals surface area contributed by atoms with E-state index in [1.54, 1.807) is 6.08 Å². The number of amides is 1. The molecule has 5 heteroatoms. The summed E-state index contributed by atoms with van der Waals surface area (Å²) in [7, 11) is 1.29. The topological polar surface area (TPSA) is 75.6 Å². The number of benzene rings is 1. The third kappa shape index (κ3) is 4.93. The average molecular weight is 263 g/mol. The van der Waals surface area contributed by atoms with Crippen molar-refractivity contribution in [1.82, 2.24) is 5.32 Å². The van der Waals surface area contributed by atoms with Gasteiger partial charge >= 0.3 is 5.97 Å². The number of aliphatic carboxylic acids is 1. The normalized spacial score (nSPS) is 12.3. The van der Waals surface area contributed by atoms with E-state index in [-0.39, 0.29) is 12.5 Å². The highest BCUT2D eigenvalue weighted by molar-refractivity contribution is 5.92. The standard InChI is InChI=1S/C14H17NO4/c1-10-5-3-4-6-11(10)7-8-13(16)15-9-12(19-2)14(17)18/h3-8,12H,9H2,1-2H3,(H,15,16)(H,17,18)/b8-7+. The maximum atomic E-state index is 11.5. The number of rotatable bonds is 6. The number of aryl methyl sites for hydroxylation is 1. The van der Waals surface area contributed by atoms with Crippen molar-refractivity contribution < 1.29 is 19.4 Å². The van der Waals surface area contributed by atoms with Crippen LogP contribution >= 0.6 is 0 Å². The van der Waals surface area contributed by atoms with Crippen molar-refractivity contribution in [3.8, 4) is 0 Å². The summed E-state index contributed by atoms with van der Waals surface area (Å²) in [5, 5.41) is 11.2. The van der Waals surface area contributed by atoms with Gasteiger partial charge in [-0.1, -0.05) is 24.3 Å². The van der Waals surface area contributed by atoms with Crippen LogP contribution in [0.25, 0.3) is 6.08 Å². The van der Waals surface area contributed by atoms with Crippen molar-refractivity contribution in [2.45, 2.75) is 13.0 Å². The Balaban J connectivity index is 2.52. The average Bonchev–Trinajstić information content (AvgIpc) is 2.38. The van der Waals surface area contributed by atoms with Gasteiger partial charge in [0.15, 0.2) is 6.10 Å². The molecule has 0 fully saturated rings. The zero-order chi connectivity index (χ0) is 14.3. The lowest BCUT2D eigenvalue weighted by Gasteiger charge is -2.10. The highest BCUT2D eigenvalue weighted by atomic mass is 16.5. The van der Waals surface area contributed by atoms with Crippen LogP contribution < -0.4 is 5.32 Å². The first-order valence-electron chi connectivity index (χ1n) is 5.81. The van der Waals surface area contributed by atoms with E-state index in [0.29, 0.717) is 0 Å². The number of hydrogen-bond donors (Lipinski definition) is 2. The summed E-state index contributed by atoms with van der Waals surface area (Å²) < 4.78 is 4.71. The van der Waals surface area contributed by atoms with Gasteiger partial charge in [0.05, 0.1) is 6.54 Å². The summed E-state index contributed by atoms with van der Waals surface area (Å²) in [5.41, 5.74) is 2.01. The van der Waals surface area contributed by atoms with E-state index in [9.17, 15) is 9.59 Å². The van der Waals surface area contributed by atoms with E-state index in [1.807, 2.05) is 31.2 Å². The number of nitrogens with one attached hydrogen (secondary N) is 1. The van der Waals surface area contributed by atoms with Crippen molar-refractivity contribution in [3.05, 3.63) is 41.5 Å². The molecule has 0 aromatic heterocycles. The molecule has 0 heterocycles. The Morgan fingerprint density at radius 2 is 2.11 bits per heavy atom. The molecule has 0 saturated heterocycles. The highest BCUT2D eigenvalue weighted by Gasteiger charge is 2.16. The molecule has 1 rings (SSSR count). The summed E-state index contributed by atoms with van der Waals surface area (Å²) in [6.45, 7) is 1.88. The zero-order valence-corrected chi connectivity index (χ0v) is 10.9. The molecule has 1 aromatic rings. The van der Waals surface area contributed by atoms with Crippen molar-refractivity contribution in [2.24, 2.45) is 0 Å². The minimum absolute atomic E-state index is 0.0667. The van der Waals surface area contributed by atoms with E-state index < -0.39 is 12.1 Å². The van der Waals surface area contributed by atoms with Crippen LogP contribution in [0.4, 0.5) is 0 Å². The summed E-state index contributed by atoms with van der Waals surface area (Å²) in [6, 6.07) is 7.65. The number of carbonyl (C=O) groups is 2. The lowest BCUT2D eigenvalue weighted by atomic mass is 10.1. The maximum Gasteiger partial charge on any atom is 0.334 e. The summed E-state index contributed by atoms with van der Waals surface area (Å²) in [6.07, 6.45) is 2.03. The van der Waals surface area contributed by atoms with Gasteiger partial charge < -0.3 is 15.2 Å². The second-order valence-electron chi connectivity index (χ2n) is 4.00. The number of hydrogen-bond acceptors (Lipinski definition) is 3. The van der Waals surface area contributed by atoms with Gasteiger partial charge in [0.1, 0.15) is 0 Å². The molecule has 0 spiro atoms. The smallest absolute Gasteiger partial charge is 0.334 e. The van der Waals surface area contributed by atoms with Crippen molar-refractivity contribution in [2.75, 3.05) is 13.7 Å². The molecule has 0 aliphatic heterocycles. The molecular formula is C14H17NO4. The zero-order valence-electron chi connectivity index (χ0n) is 10.9. The third-order valence-electron chi connectivity index (χ3n) is 2.62. The predicted molar refractivity (Wildman–Crippen MR) is 71.7 cm³/mol. The van der Waals surface area contributed by atoms with Crippen LogP contribution in [0.1, 0.15) is 11.1 Å². The molecule has 5 nitrogen and oxygen atoms in total. The molecule has 1 atom stereocenters. The number of carboxylic acid groups (broad SMARTS) is 1. The molecule has 102 valence electrons. The molecule has 19 heavy (non-hydrogen) atoms. The minimum atomic E-state index is -1.11. The van der Waals surface area contributed by atoms with Gasteiger partial charge in [0.2, 0.25) is 5.91 Å². The SMILES string of the molecule is COC(CNC(=O)/C=C/c1ccccc1C)C(=O)O. The first kappa shape index (κ1) is 14.9. The Hall–Kier alpha value is -2.14. The van der Waals surface area contributed by atoms with E-state index in [1.165, 1.54) is 13.2 Å². The van der Waals surface area contributed by atoms with E-state index in [0.717, 1.165) is 11.1 Å². The summed E-state index contributed by atoms with van der Waals surface area (Å²) >= 11 is 0. The van der Waals surface area contributed by atoms with Gasteiger partial charge in [-0.15, -0.1) is 0 Å². The molecule has 0 radical (unpaired) electrons. The quantitative estimate of drug-likeness (QED) is 0.757. The van der Waals surface area contributed by atoms with Crippen LogP contribution in [0, 0.1) is 6.92 Å². The summed E-state index contributed by atoms with van der Waals surface area (Å²) in [5.74, 6) is -1.46. The first-order chi connectivity index (χ1) is 9.04. The number of methoxy groups -OCH3 is 1.